The molecule has 0 amide bonds. The molecule has 9 nitrogen and oxygen atoms in total. The molecule has 2 unspecified atom stereocenters. The van der Waals surface area contributed by atoms with Gasteiger partial charge in [0, 0.05) is 0 Å². The van der Waals surface area contributed by atoms with Gasteiger partial charge in [0.1, 0.15) is 20.4 Å². The predicted octanol–water partition coefficient (Wildman–Crippen LogP) is -0.348. The van der Waals surface area contributed by atoms with Crippen molar-refractivity contribution in [2.75, 3.05) is 60.0 Å². The van der Waals surface area contributed by atoms with Gasteiger partial charge in [0.25, 0.3) is 0 Å². The van der Waals surface area contributed by atoms with E-state index in [0.29, 0.717) is 26.4 Å². The predicted molar refractivity (Wildman–Crippen MR) is 74.8 cm³/mol. The Morgan fingerprint density at radius 3 is 1.64 bits per heavy atom. The zero-order chi connectivity index (χ0) is 16.5. The molecule has 0 saturated heterocycles. The van der Waals surface area contributed by atoms with Crippen LogP contribution >= 0.6 is 0 Å². The number of aliphatic hydroxyl groups excluding tert-OH is 2. The van der Waals surface area contributed by atoms with Gasteiger partial charge in [-0.15, -0.1) is 0 Å². The summed E-state index contributed by atoms with van der Waals surface area (Å²) in [6, 6.07) is 0. The fourth-order valence-corrected chi connectivity index (χ4v) is 1.18. The number of rotatable bonds is 17. The lowest BCUT2D eigenvalue weighted by Crippen LogP contribution is -2.21. The van der Waals surface area contributed by atoms with Crippen molar-refractivity contribution in [1.82, 2.24) is 0 Å². The molecule has 0 aromatic rings. The fraction of sp³-hybridized carbons (Fsp3) is 1.00. The van der Waals surface area contributed by atoms with Crippen LogP contribution < -0.4 is 0 Å². The maximum atomic E-state index is 8.50. The van der Waals surface area contributed by atoms with Crippen LogP contribution in [0.1, 0.15) is 13.8 Å². The molecule has 0 aromatic carbocycles. The van der Waals surface area contributed by atoms with Gasteiger partial charge in [-0.1, -0.05) is 0 Å². The van der Waals surface area contributed by atoms with Gasteiger partial charge < -0.3 is 43.4 Å². The molecule has 0 aromatic heterocycles. The molecule has 0 radical (unpaired) electrons. The first-order valence-corrected chi connectivity index (χ1v) is 7.12. The summed E-state index contributed by atoms with van der Waals surface area (Å²) in [4.78, 5) is 0. The van der Waals surface area contributed by atoms with E-state index in [1.807, 2.05) is 0 Å². The van der Waals surface area contributed by atoms with Crippen LogP contribution in [0.3, 0.4) is 0 Å². The topological polar surface area (TPSA) is 105 Å². The SMILES string of the molecule is CC(OCCOCOC(C)OCCOCO)OCOCCO. The van der Waals surface area contributed by atoms with E-state index in [-0.39, 0.29) is 33.6 Å². The Morgan fingerprint density at radius 2 is 1.14 bits per heavy atom. The monoisotopic (exact) mass is 328 g/mol. The van der Waals surface area contributed by atoms with Crippen LogP contribution in [-0.2, 0) is 33.2 Å². The molecule has 2 N–H and O–H groups in total. The molecule has 134 valence electrons. The Balaban J connectivity index is 3.24. The van der Waals surface area contributed by atoms with Gasteiger partial charge in [0.15, 0.2) is 12.6 Å². The molecular formula is C13H28O9. The Hall–Kier alpha value is -0.360. The van der Waals surface area contributed by atoms with E-state index in [9.17, 15) is 0 Å². The second kappa shape index (κ2) is 17.0. The first-order valence-electron chi connectivity index (χ1n) is 7.12. The maximum Gasteiger partial charge on any atom is 0.157 e. The highest BCUT2D eigenvalue weighted by molar-refractivity contribution is 4.34. The lowest BCUT2D eigenvalue weighted by Gasteiger charge is -2.15. The average molecular weight is 328 g/mol. The van der Waals surface area contributed by atoms with Crippen LogP contribution in [0.15, 0.2) is 0 Å². The minimum absolute atomic E-state index is 0.0387. The summed E-state index contributed by atoms with van der Waals surface area (Å²) >= 11 is 0. The zero-order valence-corrected chi connectivity index (χ0v) is 13.3. The molecule has 0 aliphatic heterocycles. The van der Waals surface area contributed by atoms with E-state index in [4.69, 9.17) is 43.4 Å². The highest BCUT2D eigenvalue weighted by Gasteiger charge is 2.03. The van der Waals surface area contributed by atoms with Gasteiger partial charge in [-0.05, 0) is 13.8 Å². The lowest BCUT2D eigenvalue weighted by atomic mass is 10.7. The molecule has 0 aliphatic rings. The third-order valence-corrected chi connectivity index (χ3v) is 2.26. The van der Waals surface area contributed by atoms with Crippen LogP contribution in [0.4, 0.5) is 0 Å². The van der Waals surface area contributed by atoms with Crippen molar-refractivity contribution in [3.05, 3.63) is 0 Å². The standard InChI is InChI=1S/C13H28O9/c1-12(19-7-5-16-9-15)22-11-18-6-8-20-13(2)21-10-17-4-3-14/h12-15H,3-11H2,1-2H3. The van der Waals surface area contributed by atoms with Gasteiger partial charge in [-0.3, -0.25) is 0 Å². The van der Waals surface area contributed by atoms with Crippen molar-refractivity contribution in [3.63, 3.8) is 0 Å². The van der Waals surface area contributed by atoms with Crippen molar-refractivity contribution in [1.29, 1.82) is 0 Å². The molecule has 9 heteroatoms. The number of hydrogen-bond acceptors (Lipinski definition) is 9. The van der Waals surface area contributed by atoms with E-state index in [1.54, 1.807) is 13.8 Å². The van der Waals surface area contributed by atoms with Gasteiger partial charge in [0.2, 0.25) is 0 Å². The molecule has 0 aliphatic carbocycles. The van der Waals surface area contributed by atoms with Crippen LogP contribution in [0.2, 0.25) is 0 Å². The smallest absolute Gasteiger partial charge is 0.157 e. The summed E-state index contributed by atoms with van der Waals surface area (Å²) in [7, 11) is 0. The van der Waals surface area contributed by atoms with Crippen molar-refractivity contribution in [2.24, 2.45) is 0 Å². The van der Waals surface area contributed by atoms with E-state index in [2.05, 4.69) is 0 Å². The average Bonchev–Trinajstić information content (AvgIpc) is 2.51. The first kappa shape index (κ1) is 21.6. The zero-order valence-electron chi connectivity index (χ0n) is 13.3. The second-order valence-corrected chi connectivity index (χ2v) is 4.02. The molecule has 0 heterocycles. The number of hydrogen-bond donors (Lipinski definition) is 2. The molecule has 0 fully saturated rings. The van der Waals surface area contributed by atoms with Crippen LogP contribution in [0.5, 0.6) is 0 Å². The number of ether oxygens (including phenoxy) is 7. The maximum absolute atomic E-state index is 8.50. The summed E-state index contributed by atoms with van der Waals surface area (Å²) in [5.74, 6) is 0. The fourth-order valence-electron chi connectivity index (χ4n) is 1.18. The molecule has 0 saturated carbocycles. The third kappa shape index (κ3) is 16.0. The second-order valence-electron chi connectivity index (χ2n) is 4.02. The van der Waals surface area contributed by atoms with Gasteiger partial charge in [-0.25, -0.2) is 0 Å². The van der Waals surface area contributed by atoms with Crippen molar-refractivity contribution < 1.29 is 43.4 Å². The van der Waals surface area contributed by atoms with E-state index >= 15 is 0 Å². The Kier molecular flexibility index (Phi) is 16.7. The van der Waals surface area contributed by atoms with Gasteiger partial charge in [-0.2, -0.15) is 0 Å². The third-order valence-electron chi connectivity index (χ3n) is 2.26. The van der Waals surface area contributed by atoms with Crippen molar-refractivity contribution in [2.45, 2.75) is 26.4 Å². The summed E-state index contributed by atoms with van der Waals surface area (Å²) < 4.78 is 35.8. The Morgan fingerprint density at radius 1 is 0.636 bits per heavy atom. The Labute approximate surface area is 131 Å². The van der Waals surface area contributed by atoms with Gasteiger partial charge in [0.05, 0.1) is 39.6 Å². The quantitative estimate of drug-likeness (QED) is 0.274. The van der Waals surface area contributed by atoms with Crippen molar-refractivity contribution in [3.8, 4) is 0 Å². The minimum Gasteiger partial charge on any atom is -0.394 e. The molecule has 0 rings (SSSR count). The Bertz CT molecular complexity index is 196. The highest BCUT2D eigenvalue weighted by Crippen LogP contribution is 1.96. The lowest BCUT2D eigenvalue weighted by molar-refractivity contribution is -0.211. The van der Waals surface area contributed by atoms with E-state index in [1.165, 1.54) is 0 Å². The highest BCUT2D eigenvalue weighted by atomic mass is 16.8. The normalized spacial score (nSPS) is 14.2. The van der Waals surface area contributed by atoms with E-state index < -0.39 is 12.6 Å². The van der Waals surface area contributed by atoms with Crippen molar-refractivity contribution >= 4 is 0 Å². The first-order chi connectivity index (χ1) is 10.7. The van der Waals surface area contributed by atoms with Crippen LogP contribution in [0.25, 0.3) is 0 Å². The minimum atomic E-state index is -0.422. The molecule has 0 bridgehead atoms. The molecule has 22 heavy (non-hydrogen) atoms. The van der Waals surface area contributed by atoms with Crippen LogP contribution in [-0.4, -0.2) is 82.8 Å². The van der Waals surface area contributed by atoms with Gasteiger partial charge >= 0.3 is 0 Å². The summed E-state index contributed by atoms with van der Waals surface area (Å²) in [5.41, 5.74) is 0. The largest absolute Gasteiger partial charge is 0.394 e. The molecule has 0 spiro atoms. The summed E-state index contributed by atoms with van der Waals surface area (Å²) in [6.07, 6.45) is -0.842. The molecule has 2 atom stereocenters. The summed E-state index contributed by atoms with van der Waals surface area (Å²) in [6.45, 7) is 4.84. The number of aliphatic hydroxyl groups is 2. The summed E-state index contributed by atoms with van der Waals surface area (Å²) in [5, 5.41) is 16.9. The van der Waals surface area contributed by atoms with E-state index in [0.717, 1.165) is 0 Å². The van der Waals surface area contributed by atoms with Crippen LogP contribution in [0, 0.1) is 0 Å². The molecular weight excluding hydrogens is 300 g/mol.